The molecule has 2 N–H and O–H groups in total. The van der Waals surface area contributed by atoms with Gasteiger partial charge >= 0.3 is 0 Å². The third-order valence-electron chi connectivity index (χ3n) is 4.27. The molecule has 3 rings (SSSR count). The zero-order valence-electron chi connectivity index (χ0n) is 13.8. The number of piperidine rings is 1. The van der Waals surface area contributed by atoms with Gasteiger partial charge in [0.25, 0.3) is 5.89 Å². The predicted octanol–water partition coefficient (Wildman–Crippen LogP) is 2.96. The van der Waals surface area contributed by atoms with Gasteiger partial charge in [0.15, 0.2) is 5.82 Å². The van der Waals surface area contributed by atoms with Gasteiger partial charge in [0.05, 0.1) is 6.04 Å². The van der Waals surface area contributed by atoms with Crippen LogP contribution in [-0.2, 0) is 4.79 Å². The second kappa shape index (κ2) is 7.32. The van der Waals surface area contributed by atoms with Gasteiger partial charge in [-0.1, -0.05) is 16.8 Å². The number of nitrogens with zero attached hydrogens (tertiary/aromatic N) is 2. The maximum Gasteiger partial charge on any atom is 0.257 e. The van der Waals surface area contributed by atoms with Crippen LogP contribution in [0.1, 0.15) is 38.6 Å². The second-order valence-electron chi connectivity index (χ2n) is 6.27. The number of aromatic nitrogens is 2. The van der Waals surface area contributed by atoms with Crippen molar-refractivity contribution in [2.45, 2.75) is 38.8 Å². The molecule has 7 heteroatoms. The molecule has 24 heavy (non-hydrogen) atoms. The predicted molar refractivity (Wildman–Crippen MR) is 91.5 cm³/mol. The van der Waals surface area contributed by atoms with E-state index in [0.717, 1.165) is 24.9 Å². The summed E-state index contributed by atoms with van der Waals surface area (Å²) in [5.74, 6) is 0.966. The molecule has 6 nitrogen and oxygen atoms in total. The molecule has 1 aromatic carbocycles. The minimum atomic E-state index is -0.299. The number of rotatable bonds is 4. The summed E-state index contributed by atoms with van der Waals surface area (Å²) in [4.78, 5) is 16.8. The van der Waals surface area contributed by atoms with Gasteiger partial charge in [0.2, 0.25) is 5.91 Å². The maximum absolute atomic E-state index is 12.4. The van der Waals surface area contributed by atoms with Gasteiger partial charge in [-0.15, -0.1) is 0 Å². The van der Waals surface area contributed by atoms with Gasteiger partial charge in [-0.25, -0.2) is 0 Å². The van der Waals surface area contributed by atoms with E-state index in [9.17, 15) is 4.79 Å². The van der Waals surface area contributed by atoms with Crippen LogP contribution >= 0.6 is 11.6 Å². The number of hydrogen-bond donors (Lipinski definition) is 2. The van der Waals surface area contributed by atoms with Gasteiger partial charge in [0.1, 0.15) is 0 Å². The van der Waals surface area contributed by atoms with Gasteiger partial charge in [-0.2, -0.15) is 4.98 Å². The SMILES string of the molecule is CC(NC(=O)[C@H]1CCN[C@@H](C)C1)c1noc(-c2ccc(Cl)cc2)n1. The van der Waals surface area contributed by atoms with Gasteiger partial charge in [-0.3, -0.25) is 4.79 Å². The fourth-order valence-electron chi connectivity index (χ4n) is 2.89. The van der Waals surface area contributed by atoms with E-state index >= 15 is 0 Å². The minimum Gasteiger partial charge on any atom is -0.346 e. The monoisotopic (exact) mass is 348 g/mol. The van der Waals surface area contributed by atoms with Crippen molar-refractivity contribution in [3.8, 4) is 11.5 Å². The van der Waals surface area contributed by atoms with E-state index in [1.54, 1.807) is 12.1 Å². The molecule has 0 radical (unpaired) electrons. The minimum absolute atomic E-state index is 0.0336. The van der Waals surface area contributed by atoms with Crippen molar-refractivity contribution in [2.75, 3.05) is 6.54 Å². The Balaban J connectivity index is 1.64. The molecule has 0 saturated carbocycles. The fraction of sp³-hybridized carbons (Fsp3) is 0.471. The molecule has 0 bridgehead atoms. The van der Waals surface area contributed by atoms with E-state index in [1.807, 2.05) is 19.1 Å². The van der Waals surface area contributed by atoms with Crippen LogP contribution in [0, 0.1) is 5.92 Å². The quantitative estimate of drug-likeness (QED) is 0.888. The van der Waals surface area contributed by atoms with Crippen LogP contribution < -0.4 is 10.6 Å². The van der Waals surface area contributed by atoms with Crippen molar-refractivity contribution in [1.29, 1.82) is 0 Å². The summed E-state index contributed by atoms with van der Waals surface area (Å²) in [6, 6.07) is 7.24. The van der Waals surface area contributed by atoms with E-state index in [1.165, 1.54) is 0 Å². The Kier molecular flexibility index (Phi) is 5.16. The zero-order chi connectivity index (χ0) is 17.1. The molecule has 1 aliphatic heterocycles. The van der Waals surface area contributed by atoms with Crippen LogP contribution in [0.25, 0.3) is 11.5 Å². The fourth-order valence-corrected chi connectivity index (χ4v) is 3.01. The van der Waals surface area contributed by atoms with Gasteiger partial charge < -0.3 is 15.2 Å². The van der Waals surface area contributed by atoms with Crippen molar-refractivity contribution in [1.82, 2.24) is 20.8 Å². The molecule has 0 spiro atoms. The number of amides is 1. The topological polar surface area (TPSA) is 80.0 Å². The van der Waals surface area contributed by atoms with E-state index in [2.05, 4.69) is 27.7 Å². The molecule has 2 heterocycles. The molecular formula is C17H21ClN4O2. The largest absolute Gasteiger partial charge is 0.346 e. The molecule has 0 aliphatic carbocycles. The highest BCUT2D eigenvalue weighted by Gasteiger charge is 2.26. The number of carbonyl (C=O) groups is 1. The standard InChI is InChI=1S/C17H21ClN4O2/c1-10-9-13(7-8-19-10)16(23)20-11(2)15-21-17(24-22-15)12-3-5-14(18)6-4-12/h3-6,10-11,13,19H,7-9H2,1-2H3,(H,20,23)/t10-,11?,13-/m0/s1. The highest BCUT2D eigenvalue weighted by atomic mass is 35.5. The van der Waals surface area contributed by atoms with E-state index in [0.29, 0.717) is 22.8 Å². The lowest BCUT2D eigenvalue weighted by Gasteiger charge is -2.27. The van der Waals surface area contributed by atoms with Gasteiger partial charge in [-0.05, 0) is 57.5 Å². The van der Waals surface area contributed by atoms with Crippen LogP contribution in [0.3, 0.4) is 0 Å². The Hall–Kier alpha value is -1.92. The summed E-state index contributed by atoms with van der Waals surface area (Å²) in [7, 11) is 0. The van der Waals surface area contributed by atoms with Crippen molar-refractivity contribution >= 4 is 17.5 Å². The second-order valence-corrected chi connectivity index (χ2v) is 6.71. The lowest BCUT2D eigenvalue weighted by Crippen LogP contribution is -2.43. The molecule has 1 saturated heterocycles. The molecule has 1 amide bonds. The highest BCUT2D eigenvalue weighted by molar-refractivity contribution is 6.30. The third-order valence-corrected chi connectivity index (χ3v) is 4.53. The van der Waals surface area contributed by atoms with Crippen molar-refractivity contribution in [3.63, 3.8) is 0 Å². The number of halogens is 1. The lowest BCUT2D eigenvalue weighted by atomic mass is 9.92. The molecule has 1 aliphatic rings. The van der Waals surface area contributed by atoms with E-state index in [4.69, 9.17) is 16.1 Å². The summed E-state index contributed by atoms with van der Waals surface area (Å²) in [6.45, 7) is 4.83. The van der Waals surface area contributed by atoms with Crippen LogP contribution in [0.15, 0.2) is 28.8 Å². The van der Waals surface area contributed by atoms with Crippen LogP contribution in [0.5, 0.6) is 0 Å². The average Bonchev–Trinajstić information content (AvgIpc) is 3.05. The highest BCUT2D eigenvalue weighted by Crippen LogP contribution is 2.22. The first-order chi connectivity index (χ1) is 11.5. The number of benzene rings is 1. The molecule has 1 fully saturated rings. The van der Waals surface area contributed by atoms with Crippen molar-refractivity contribution in [3.05, 3.63) is 35.1 Å². The summed E-state index contributed by atoms with van der Waals surface area (Å²) in [5.41, 5.74) is 0.795. The Morgan fingerprint density at radius 3 is 2.88 bits per heavy atom. The average molecular weight is 349 g/mol. The maximum atomic E-state index is 12.4. The smallest absolute Gasteiger partial charge is 0.257 e. The Morgan fingerprint density at radius 1 is 1.42 bits per heavy atom. The van der Waals surface area contributed by atoms with E-state index < -0.39 is 0 Å². The normalized spacial score (nSPS) is 22.1. The molecular weight excluding hydrogens is 328 g/mol. The summed E-state index contributed by atoms with van der Waals surface area (Å²) < 4.78 is 5.29. The molecule has 2 aromatic rings. The van der Waals surface area contributed by atoms with Crippen molar-refractivity contribution < 1.29 is 9.32 Å². The molecule has 128 valence electrons. The molecule has 1 unspecified atom stereocenters. The first-order valence-electron chi connectivity index (χ1n) is 8.16. The summed E-state index contributed by atoms with van der Waals surface area (Å²) in [6.07, 6.45) is 1.70. The zero-order valence-corrected chi connectivity index (χ0v) is 14.5. The van der Waals surface area contributed by atoms with E-state index in [-0.39, 0.29) is 17.9 Å². The van der Waals surface area contributed by atoms with Crippen molar-refractivity contribution in [2.24, 2.45) is 5.92 Å². The first-order valence-corrected chi connectivity index (χ1v) is 8.54. The Bertz CT molecular complexity index is 701. The summed E-state index contributed by atoms with van der Waals surface area (Å²) >= 11 is 5.88. The van der Waals surface area contributed by atoms with Crippen LogP contribution in [-0.4, -0.2) is 28.6 Å². The third kappa shape index (κ3) is 3.94. The first kappa shape index (κ1) is 16.9. The number of carbonyl (C=O) groups excluding carboxylic acids is 1. The number of hydrogen-bond acceptors (Lipinski definition) is 5. The number of nitrogens with one attached hydrogen (secondary N) is 2. The van der Waals surface area contributed by atoms with Crippen LogP contribution in [0.4, 0.5) is 0 Å². The van der Waals surface area contributed by atoms with Crippen LogP contribution in [0.2, 0.25) is 5.02 Å². The Labute approximate surface area is 146 Å². The van der Waals surface area contributed by atoms with Gasteiger partial charge in [0, 0.05) is 22.5 Å². The molecule has 1 aromatic heterocycles. The lowest BCUT2D eigenvalue weighted by molar-refractivity contribution is -0.126. The molecule has 3 atom stereocenters. The Morgan fingerprint density at radius 2 is 2.17 bits per heavy atom. The summed E-state index contributed by atoms with van der Waals surface area (Å²) in [5, 5.41) is 11.0.